The van der Waals surface area contributed by atoms with Gasteiger partial charge in [0.2, 0.25) is 5.88 Å². The van der Waals surface area contributed by atoms with Crippen LogP contribution >= 0.6 is 0 Å². The van der Waals surface area contributed by atoms with Crippen molar-refractivity contribution < 1.29 is 27.8 Å². The summed E-state index contributed by atoms with van der Waals surface area (Å²) in [6.07, 6.45) is 5.17. The van der Waals surface area contributed by atoms with E-state index in [4.69, 9.17) is 9.47 Å². The Balaban J connectivity index is 1.25. The number of rotatable bonds is 5. The van der Waals surface area contributed by atoms with E-state index in [1.54, 1.807) is 19.2 Å². The number of carbonyl (C=O) groups is 2. The predicted molar refractivity (Wildman–Crippen MR) is 135 cm³/mol. The van der Waals surface area contributed by atoms with Crippen molar-refractivity contribution >= 4 is 23.2 Å². The Morgan fingerprint density at radius 1 is 1.03 bits per heavy atom. The fourth-order valence-corrected chi connectivity index (χ4v) is 4.76. The summed E-state index contributed by atoms with van der Waals surface area (Å²) in [6.45, 7) is 2.20. The Morgan fingerprint density at radius 2 is 1.81 bits per heavy atom. The van der Waals surface area contributed by atoms with Crippen LogP contribution in [0.25, 0.3) is 11.1 Å². The van der Waals surface area contributed by atoms with Crippen LogP contribution in [0.5, 0.6) is 11.6 Å². The monoisotopic (exact) mass is 507 g/mol. The van der Waals surface area contributed by atoms with Crippen molar-refractivity contribution in [3.8, 4) is 22.8 Å². The van der Waals surface area contributed by atoms with Gasteiger partial charge < -0.3 is 14.8 Å². The van der Waals surface area contributed by atoms with E-state index in [0.717, 1.165) is 48.9 Å². The summed E-state index contributed by atoms with van der Waals surface area (Å²) < 4.78 is 39.0. The highest BCUT2D eigenvalue weighted by Crippen LogP contribution is 2.36. The molecule has 1 N–H and O–H groups in total. The molecule has 2 heterocycles. The molecule has 0 atom stereocenters. The third kappa shape index (κ3) is 5.55. The van der Waals surface area contributed by atoms with Gasteiger partial charge in [0, 0.05) is 29.8 Å². The van der Waals surface area contributed by atoms with Crippen LogP contribution in [0, 0.1) is 17.6 Å². The van der Waals surface area contributed by atoms with Crippen molar-refractivity contribution in [2.45, 2.75) is 38.7 Å². The molecule has 0 unspecified atom stereocenters. The summed E-state index contributed by atoms with van der Waals surface area (Å²) in [4.78, 5) is 30.3. The summed E-state index contributed by atoms with van der Waals surface area (Å²) in [5, 5.41) is 2.49. The van der Waals surface area contributed by atoms with Crippen LogP contribution < -0.4 is 19.7 Å². The van der Waals surface area contributed by atoms with Crippen molar-refractivity contribution in [1.29, 1.82) is 0 Å². The molecule has 7 nitrogen and oxygen atoms in total. The SMILES string of the molecule is CC(=O)C1CCC(Oc2ccc(-c3ccc4c(c3)OCCN4C(=O)Nc3ccc(F)cc3F)cn2)CC1. The van der Waals surface area contributed by atoms with E-state index in [-0.39, 0.29) is 36.6 Å². The maximum absolute atomic E-state index is 14.0. The first-order valence-corrected chi connectivity index (χ1v) is 12.3. The van der Waals surface area contributed by atoms with E-state index in [1.165, 1.54) is 11.0 Å². The maximum Gasteiger partial charge on any atom is 0.326 e. The summed E-state index contributed by atoms with van der Waals surface area (Å²) in [6, 6.07) is 11.6. The molecule has 0 spiro atoms. The number of halogens is 2. The van der Waals surface area contributed by atoms with Crippen LogP contribution in [0.3, 0.4) is 0 Å². The van der Waals surface area contributed by atoms with Gasteiger partial charge in [-0.1, -0.05) is 6.07 Å². The van der Waals surface area contributed by atoms with Gasteiger partial charge in [-0.15, -0.1) is 0 Å². The van der Waals surface area contributed by atoms with E-state index in [0.29, 0.717) is 17.3 Å². The molecule has 192 valence electrons. The van der Waals surface area contributed by atoms with Crippen LogP contribution in [-0.2, 0) is 4.79 Å². The number of fused-ring (bicyclic) bond motifs is 1. The van der Waals surface area contributed by atoms with Crippen LogP contribution in [0.1, 0.15) is 32.6 Å². The number of hydrogen-bond donors (Lipinski definition) is 1. The van der Waals surface area contributed by atoms with E-state index in [9.17, 15) is 18.4 Å². The summed E-state index contributed by atoms with van der Waals surface area (Å²) in [7, 11) is 0. The van der Waals surface area contributed by atoms with Crippen molar-refractivity contribution in [3.63, 3.8) is 0 Å². The van der Waals surface area contributed by atoms with Crippen LogP contribution in [-0.4, -0.2) is 36.1 Å². The lowest BCUT2D eigenvalue weighted by Gasteiger charge is -2.30. The molecule has 1 aliphatic carbocycles. The van der Waals surface area contributed by atoms with Gasteiger partial charge in [0.1, 0.15) is 35.9 Å². The van der Waals surface area contributed by atoms with E-state index in [2.05, 4.69) is 10.3 Å². The van der Waals surface area contributed by atoms with Crippen molar-refractivity contribution in [3.05, 3.63) is 66.4 Å². The maximum atomic E-state index is 14.0. The van der Waals surface area contributed by atoms with Gasteiger partial charge in [-0.3, -0.25) is 9.69 Å². The van der Waals surface area contributed by atoms with Gasteiger partial charge in [-0.05, 0) is 68.5 Å². The molecule has 2 aliphatic rings. The van der Waals surface area contributed by atoms with Crippen molar-refractivity contribution in [1.82, 2.24) is 4.98 Å². The number of ether oxygens (including phenoxy) is 2. The zero-order valence-electron chi connectivity index (χ0n) is 20.4. The Morgan fingerprint density at radius 3 is 2.51 bits per heavy atom. The number of hydrogen-bond acceptors (Lipinski definition) is 5. The average Bonchev–Trinajstić information content (AvgIpc) is 2.90. The lowest BCUT2D eigenvalue weighted by atomic mass is 9.85. The second-order valence-corrected chi connectivity index (χ2v) is 9.32. The molecule has 1 aromatic heterocycles. The summed E-state index contributed by atoms with van der Waals surface area (Å²) in [5.74, 6) is -0.111. The van der Waals surface area contributed by atoms with Gasteiger partial charge in [0.25, 0.3) is 0 Å². The van der Waals surface area contributed by atoms with Crippen molar-refractivity contribution in [2.75, 3.05) is 23.4 Å². The molecule has 1 fully saturated rings. The smallest absolute Gasteiger partial charge is 0.326 e. The molecule has 0 bridgehead atoms. The second kappa shape index (κ2) is 10.5. The molecule has 5 rings (SSSR count). The van der Waals surface area contributed by atoms with Gasteiger partial charge in [0.05, 0.1) is 17.9 Å². The van der Waals surface area contributed by atoms with E-state index in [1.807, 2.05) is 24.3 Å². The first-order valence-electron chi connectivity index (χ1n) is 12.3. The first-order chi connectivity index (χ1) is 17.9. The van der Waals surface area contributed by atoms with Crippen LogP contribution in [0.2, 0.25) is 0 Å². The Hall–Kier alpha value is -4.01. The molecule has 1 aliphatic heterocycles. The zero-order chi connectivity index (χ0) is 25.9. The number of aromatic nitrogens is 1. The van der Waals surface area contributed by atoms with E-state index < -0.39 is 17.7 Å². The highest BCUT2D eigenvalue weighted by molar-refractivity contribution is 6.03. The number of ketones is 1. The third-order valence-electron chi connectivity index (χ3n) is 6.85. The number of anilines is 2. The molecule has 0 saturated heterocycles. The lowest BCUT2D eigenvalue weighted by molar-refractivity contribution is -0.122. The minimum absolute atomic E-state index is 0.0617. The molecule has 2 aromatic carbocycles. The highest BCUT2D eigenvalue weighted by atomic mass is 19.1. The number of amides is 2. The second-order valence-electron chi connectivity index (χ2n) is 9.32. The molecular formula is C28H27F2N3O4. The van der Waals surface area contributed by atoms with Gasteiger partial charge in [0.15, 0.2) is 0 Å². The van der Waals surface area contributed by atoms with E-state index >= 15 is 0 Å². The fraction of sp³-hybridized carbons (Fsp3) is 0.321. The number of benzene rings is 2. The van der Waals surface area contributed by atoms with Crippen molar-refractivity contribution in [2.24, 2.45) is 5.92 Å². The van der Waals surface area contributed by atoms with Gasteiger partial charge in [-0.25, -0.2) is 18.6 Å². The molecule has 0 radical (unpaired) electrons. The summed E-state index contributed by atoms with van der Waals surface area (Å²) in [5.41, 5.74) is 2.15. The standard InChI is InChI=1S/C28H27F2N3O4/c1-17(34)18-2-7-22(8-3-18)37-27-11-5-20(16-31-27)19-4-10-25-26(14-19)36-13-12-33(25)28(35)32-24-9-6-21(29)15-23(24)30/h4-6,9-11,14-16,18,22H,2-3,7-8,12-13H2,1H3,(H,32,35). The number of urea groups is 1. The minimum atomic E-state index is -0.846. The normalized spacial score (nSPS) is 18.9. The average molecular weight is 508 g/mol. The first kappa shape index (κ1) is 24.7. The lowest BCUT2D eigenvalue weighted by Crippen LogP contribution is -2.40. The fourth-order valence-electron chi connectivity index (χ4n) is 4.76. The highest BCUT2D eigenvalue weighted by Gasteiger charge is 2.26. The topological polar surface area (TPSA) is 80.8 Å². The summed E-state index contributed by atoms with van der Waals surface area (Å²) >= 11 is 0. The number of nitrogens with one attached hydrogen (secondary N) is 1. The molecule has 37 heavy (non-hydrogen) atoms. The minimum Gasteiger partial charge on any atom is -0.490 e. The zero-order valence-corrected chi connectivity index (χ0v) is 20.4. The number of Topliss-reactive ketones (excluding diaryl/α,β-unsaturated/α-hetero) is 1. The van der Waals surface area contributed by atoms with Crippen LogP contribution in [0.4, 0.5) is 25.0 Å². The number of carbonyl (C=O) groups excluding carboxylic acids is 2. The molecule has 1 saturated carbocycles. The number of nitrogens with zero attached hydrogens (tertiary/aromatic N) is 2. The Kier molecular flexibility index (Phi) is 7.03. The van der Waals surface area contributed by atoms with Gasteiger partial charge in [-0.2, -0.15) is 0 Å². The molecular weight excluding hydrogens is 480 g/mol. The molecule has 3 aromatic rings. The molecule has 2 amide bonds. The third-order valence-corrected chi connectivity index (χ3v) is 6.85. The number of pyridine rings is 1. The van der Waals surface area contributed by atoms with Gasteiger partial charge >= 0.3 is 6.03 Å². The van der Waals surface area contributed by atoms with Crippen LogP contribution in [0.15, 0.2) is 54.7 Å². The largest absolute Gasteiger partial charge is 0.490 e. The Labute approximate surface area is 213 Å². The quantitative estimate of drug-likeness (QED) is 0.459. The Bertz CT molecular complexity index is 1310. The molecule has 9 heteroatoms. The predicted octanol–water partition coefficient (Wildman–Crippen LogP) is 5.98.